The van der Waals surface area contributed by atoms with Crippen molar-refractivity contribution >= 4 is 39.2 Å². The fraction of sp³-hybridized carbons (Fsp3) is 0.450. The summed E-state index contributed by atoms with van der Waals surface area (Å²) in [5.74, 6) is 0.690. The van der Waals surface area contributed by atoms with E-state index in [4.69, 9.17) is 9.40 Å². The highest BCUT2D eigenvalue weighted by atomic mass is 32.2. The molecule has 1 aliphatic rings. The minimum absolute atomic E-state index is 0.00521. The van der Waals surface area contributed by atoms with Gasteiger partial charge < -0.3 is 9.32 Å². The number of carbonyl (C=O) groups excluding carboxylic acids is 1. The van der Waals surface area contributed by atoms with E-state index in [0.29, 0.717) is 17.5 Å². The zero-order chi connectivity index (χ0) is 19.8. The Bertz CT molecular complexity index is 1070. The van der Waals surface area contributed by atoms with Crippen molar-refractivity contribution in [1.29, 1.82) is 0 Å². The molecule has 0 aromatic carbocycles. The molecule has 1 aliphatic carbocycles. The van der Waals surface area contributed by atoms with Gasteiger partial charge in [0.25, 0.3) is 5.56 Å². The molecule has 0 aliphatic heterocycles. The molecule has 0 fully saturated rings. The molecule has 3 aromatic rings. The fourth-order valence-electron chi connectivity index (χ4n) is 3.58. The smallest absolute Gasteiger partial charge is 0.263 e. The van der Waals surface area contributed by atoms with Crippen LogP contribution in [0.2, 0.25) is 0 Å². The van der Waals surface area contributed by atoms with Gasteiger partial charge in [-0.1, -0.05) is 11.8 Å². The number of furan rings is 1. The van der Waals surface area contributed by atoms with Crippen molar-refractivity contribution < 1.29 is 9.21 Å². The maximum absolute atomic E-state index is 13.5. The van der Waals surface area contributed by atoms with Crippen molar-refractivity contribution in [1.82, 2.24) is 14.5 Å². The van der Waals surface area contributed by atoms with Crippen LogP contribution in [0.15, 0.2) is 32.8 Å². The number of thioether (sulfide) groups is 1. The Morgan fingerprint density at radius 2 is 2.18 bits per heavy atom. The quantitative estimate of drug-likeness (QED) is 0.469. The molecule has 0 bridgehead atoms. The Morgan fingerprint density at radius 3 is 2.89 bits per heavy atom. The van der Waals surface area contributed by atoms with Crippen LogP contribution in [0.5, 0.6) is 0 Å². The van der Waals surface area contributed by atoms with E-state index in [-0.39, 0.29) is 16.7 Å². The van der Waals surface area contributed by atoms with E-state index in [9.17, 15) is 9.59 Å². The van der Waals surface area contributed by atoms with Gasteiger partial charge in [0.05, 0.1) is 23.4 Å². The lowest BCUT2D eigenvalue weighted by Crippen LogP contribution is -2.31. The van der Waals surface area contributed by atoms with Crippen LogP contribution < -0.4 is 5.56 Å². The Labute approximate surface area is 171 Å². The Kier molecular flexibility index (Phi) is 5.33. The summed E-state index contributed by atoms with van der Waals surface area (Å²) in [7, 11) is 3.47. The predicted octanol–water partition coefficient (Wildman–Crippen LogP) is 3.55. The number of fused-ring (bicyclic) bond motifs is 3. The highest BCUT2D eigenvalue weighted by Crippen LogP contribution is 2.35. The number of hydrogen-bond acceptors (Lipinski definition) is 6. The van der Waals surface area contributed by atoms with Crippen LogP contribution in [0.4, 0.5) is 0 Å². The molecule has 0 spiro atoms. The second-order valence-corrected chi connectivity index (χ2v) is 9.64. The Balaban J connectivity index is 1.84. The standard InChI is InChI=1S/C20H23N3O3S2/c1-12(18(24)22(2)3)27-20-21-17-16(14-8-4-5-9-15(14)28-17)19(25)23(20)11-13-7-6-10-26-13/h6-7,10,12H,4-5,8-9,11H2,1-3H3. The van der Waals surface area contributed by atoms with Crippen molar-refractivity contribution in [2.24, 2.45) is 0 Å². The van der Waals surface area contributed by atoms with Crippen LogP contribution in [0.3, 0.4) is 0 Å². The first-order valence-electron chi connectivity index (χ1n) is 9.41. The third-order valence-corrected chi connectivity index (χ3v) is 7.27. The maximum atomic E-state index is 13.5. The normalized spacial score (nSPS) is 14.8. The molecule has 0 N–H and O–H groups in total. The van der Waals surface area contributed by atoms with Gasteiger partial charge in [-0.2, -0.15) is 0 Å². The molecule has 1 unspecified atom stereocenters. The van der Waals surface area contributed by atoms with Crippen molar-refractivity contribution in [3.05, 3.63) is 45.0 Å². The van der Waals surface area contributed by atoms with Gasteiger partial charge >= 0.3 is 0 Å². The fourth-order valence-corrected chi connectivity index (χ4v) is 5.94. The first kappa shape index (κ1) is 19.3. The lowest BCUT2D eigenvalue weighted by atomic mass is 9.97. The highest BCUT2D eigenvalue weighted by Gasteiger charge is 2.25. The molecule has 4 rings (SSSR count). The monoisotopic (exact) mass is 417 g/mol. The largest absolute Gasteiger partial charge is 0.467 e. The van der Waals surface area contributed by atoms with Gasteiger partial charge in [-0.3, -0.25) is 14.2 Å². The highest BCUT2D eigenvalue weighted by molar-refractivity contribution is 8.00. The molecule has 28 heavy (non-hydrogen) atoms. The average Bonchev–Trinajstić information content (AvgIpc) is 3.31. The van der Waals surface area contributed by atoms with Crippen LogP contribution in [0.25, 0.3) is 10.2 Å². The first-order chi connectivity index (χ1) is 13.5. The molecular weight excluding hydrogens is 394 g/mol. The Morgan fingerprint density at radius 1 is 1.39 bits per heavy atom. The molecule has 6 nitrogen and oxygen atoms in total. The summed E-state index contributed by atoms with van der Waals surface area (Å²) in [6.45, 7) is 2.16. The van der Waals surface area contributed by atoms with Crippen molar-refractivity contribution in [3.8, 4) is 0 Å². The molecule has 0 radical (unpaired) electrons. The number of thiophene rings is 1. The number of aryl methyl sites for hydroxylation is 2. The zero-order valence-corrected chi connectivity index (χ0v) is 17.9. The van der Waals surface area contributed by atoms with Gasteiger partial charge in [0.2, 0.25) is 5.91 Å². The Hall–Kier alpha value is -2.06. The van der Waals surface area contributed by atoms with Crippen LogP contribution in [-0.2, 0) is 24.2 Å². The average molecular weight is 418 g/mol. The van der Waals surface area contributed by atoms with Gasteiger partial charge in [-0.25, -0.2) is 4.98 Å². The van der Waals surface area contributed by atoms with Gasteiger partial charge in [0, 0.05) is 19.0 Å². The van der Waals surface area contributed by atoms with E-state index in [2.05, 4.69) is 0 Å². The summed E-state index contributed by atoms with van der Waals surface area (Å²) in [4.78, 5) is 34.3. The number of carbonyl (C=O) groups is 1. The minimum atomic E-state index is -0.336. The number of aromatic nitrogens is 2. The molecule has 3 heterocycles. The van der Waals surface area contributed by atoms with Crippen molar-refractivity contribution in [2.75, 3.05) is 14.1 Å². The van der Waals surface area contributed by atoms with Gasteiger partial charge in [-0.05, 0) is 50.3 Å². The third kappa shape index (κ3) is 3.51. The van der Waals surface area contributed by atoms with Crippen LogP contribution in [0, 0.1) is 0 Å². The lowest BCUT2D eigenvalue weighted by molar-refractivity contribution is -0.127. The van der Waals surface area contributed by atoms with E-state index in [1.165, 1.54) is 22.2 Å². The van der Waals surface area contributed by atoms with Crippen molar-refractivity contribution in [3.63, 3.8) is 0 Å². The first-order valence-corrected chi connectivity index (χ1v) is 11.1. The second kappa shape index (κ2) is 7.75. The van der Waals surface area contributed by atoms with Gasteiger partial charge in [0.1, 0.15) is 10.6 Å². The molecule has 0 saturated carbocycles. The van der Waals surface area contributed by atoms with Crippen molar-refractivity contribution in [2.45, 2.75) is 49.6 Å². The van der Waals surface area contributed by atoms with E-state index in [1.807, 2.05) is 19.1 Å². The number of hydrogen-bond donors (Lipinski definition) is 0. The van der Waals surface area contributed by atoms with E-state index in [0.717, 1.165) is 35.9 Å². The predicted molar refractivity (Wildman–Crippen MR) is 112 cm³/mol. The summed E-state index contributed by atoms with van der Waals surface area (Å²) in [6, 6.07) is 3.66. The van der Waals surface area contributed by atoms with Gasteiger partial charge in [-0.15, -0.1) is 11.3 Å². The molecule has 148 valence electrons. The van der Waals surface area contributed by atoms with E-state index in [1.54, 1.807) is 41.2 Å². The maximum Gasteiger partial charge on any atom is 0.263 e. The lowest BCUT2D eigenvalue weighted by Gasteiger charge is -2.18. The summed E-state index contributed by atoms with van der Waals surface area (Å²) in [5.41, 5.74) is 1.14. The molecule has 1 amide bonds. The summed E-state index contributed by atoms with van der Waals surface area (Å²) < 4.78 is 7.13. The summed E-state index contributed by atoms with van der Waals surface area (Å²) in [5, 5.41) is 0.981. The minimum Gasteiger partial charge on any atom is -0.467 e. The van der Waals surface area contributed by atoms with Crippen LogP contribution in [0.1, 0.15) is 36.0 Å². The molecular formula is C20H23N3O3S2. The molecule has 3 aromatic heterocycles. The van der Waals surface area contributed by atoms with E-state index < -0.39 is 0 Å². The zero-order valence-electron chi connectivity index (χ0n) is 16.2. The summed E-state index contributed by atoms with van der Waals surface area (Å²) >= 11 is 2.96. The van der Waals surface area contributed by atoms with E-state index >= 15 is 0 Å². The topological polar surface area (TPSA) is 68.3 Å². The number of rotatable bonds is 5. The third-order valence-electron chi connectivity index (χ3n) is 5.00. The SMILES string of the molecule is CC(Sc1nc2sc3c(c2c(=O)n1Cc1ccco1)CCCC3)C(=O)N(C)C. The summed E-state index contributed by atoms with van der Waals surface area (Å²) in [6.07, 6.45) is 5.84. The second-order valence-electron chi connectivity index (χ2n) is 7.25. The molecule has 0 saturated heterocycles. The van der Waals surface area contributed by atoms with Crippen LogP contribution >= 0.6 is 23.1 Å². The van der Waals surface area contributed by atoms with Gasteiger partial charge in [0.15, 0.2) is 5.16 Å². The van der Waals surface area contributed by atoms with Crippen LogP contribution in [-0.4, -0.2) is 39.7 Å². The molecule has 1 atom stereocenters. The number of amides is 1. The number of nitrogens with zero attached hydrogens (tertiary/aromatic N) is 3. The molecule has 8 heteroatoms.